The van der Waals surface area contributed by atoms with E-state index in [-0.39, 0.29) is 12.3 Å². The normalized spacial score (nSPS) is 11.0. The van der Waals surface area contributed by atoms with Crippen molar-refractivity contribution in [2.24, 2.45) is 0 Å². The van der Waals surface area contributed by atoms with Crippen molar-refractivity contribution in [2.45, 2.75) is 49.6 Å². The van der Waals surface area contributed by atoms with E-state index in [2.05, 4.69) is 31.0 Å². The van der Waals surface area contributed by atoms with Gasteiger partial charge in [0.05, 0.1) is 5.69 Å². The number of rotatable bonds is 6. The number of nitrogens with zero attached hydrogens (tertiary/aromatic N) is 2. The zero-order valence-electron chi connectivity index (χ0n) is 12.5. The number of aliphatic carboxylic acids is 1. The summed E-state index contributed by atoms with van der Waals surface area (Å²) in [6.45, 7) is 6.91. The number of imidazole rings is 1. The number of carboxylic acid groups (broad SMARTS) is 1. The Balaban J connectivity index is 2.45. The van der Waals surface area contributed by atoms with Crippen molar-refractivity contribution in [3.63, 3.8) is 0 Å². The van der Waals surface area contributed by atoms with Crippen LogP contribution in [0.2, 0.25) is 0 Å². The van der Waals surface area contributed by atoms with Gasteiger partial charge in [0, 0.05) is 11.4 Å². The van der Waals surface area contributed by atoms with Crippen molar-refractivity contribution in [1.82, 2.24) is 9.55 Å². The van der Waals surface area contributed by atoms with Gasteiger partial charge < -0.3 is 9.67 Å². The zero-order valence-corrected chi connectivity index (χ0v) is 13.4. The Labute approximate surface area is 129 Å². The van der Waals surface area contributed by atoms with Crippen LogP contribution < -0.4 is 0 Å². The van der Waals surface area contributed by atoms with Gasteiger partial charge in [-0.15, -0.1) is 0 Å². The minimum Gasteiger partial charge on any atom is -0.481 e. The van der Waals surface area contributed by atoms with E-state index in [0.717, 1.165) is 22.2 Å². The second-order valence-electron chi connectivity index (χ2n) is 5.10. The van der Waals surface area contributed by atoms with Gasteiger partial charge in [0.25, 0.3) is 0 Å². The minimum atomic E-state index is -0.846. The molecule has 0 spiro atoms. The van der Waals surface area contributed by atoms with Crippen LogP contribution in [0, 0.1) is 0 Å². The Hall–Kier alpha value is -1.75. The van der Waals surface area contributed by atoms with Crippen LogP contribution in [0.4, 0.5) is 0 Å². The molecule has 1 aromatic carbocycles. The van der Waals surface area contributed by atoms with E-state index >= 15 is 0 Å². The smallest absolute Gasteiger partial charge is 0.311 e. The molecule has 1 N–H and O–H groups in total. The molecule has 1 aromatic heterocycles. The summed E-state index contributed by atoms with van der Waals surface area (Å²) in [5, 5.41) is 10.1. The van der Waals surface area contributed by atoms with Gasteiger partial charge in [0.15, 0.2) is 0 Å². The van der Waals surface area contributed by atoms with Gasteiger partial charge in [-0.05, 0) is 25.0 Å². The molecule has 21 heavy (non-hydrogen) atoms. The predicted molar refractivity (Wildman–Crippen MR) is 83.9 cm³/mol. The fourth-order valence-corrected chi connectivity index (χ4v) is 3.43. The van der Waals surface area contributed by atoms with Gasteiger partial charge in [0.1, 0.15) is 17.3 Å². The van der Waals surface area contributed by atoms with Crippen molar-refractivity contribution < 1.29 is 9.90 Å². The van der Waals surface area contributed by atoms with Crippen LogP contribution >= 0.6 is 11.8 Å². The largest absolute Gasteiger partial charge is 0.481 e. The summed E-state index contributed by atoms with van der Waals surface area (Å²) < 4.78 is 2.02. The molecular weight excluding hydrogens is 284 g/mol. The molecule has 0 aliphatic heterocycles. The van der Waals surface area contributed by atoms with Crippen LogP contribution in [0.3, 0.4) is 0 Å². The molecule has 1 heterocycles. The molecule has 0 aliphatic carbocycles. The van der Waals surface area contributed by atoms with Crippen molar-refractivity contribution in [1.29, 1.82) is 0 Å². The van der Waals surface area contributed by atoms with E-state index < -0.39 is 5.97 Å². The van der Waals surface area contributed by atoms with Crippen molar-refractivity contribution in [3.05, 3.63) is 41.9 Å². The van der Waals surface area contributed by atoms with Crippen LogP contribution in [0.25, 0.3) is 0 Å². The Morgan fingerprint density at radius 2 is 2.00 bits per heavy atom. The second kappa shape index (κ2) is 6.80. The molecule has 4 nitrogen and oxygen atoms in total. The lowest BCUT2D eigenvalue weighted by Crippen LogP contribution is -2.09. The van der Waals surface area contributed by atoms with Gasteiger partial charge >= 0.3 is 5.97 Å². The predicted octanol–water partition coefficient (Wildman–Crippen LogP) is 3.80. The van der Waals surface area contributed by atoms with E-state index in [1.165, 1.54) is 0 Å². The number of carboxylic acids is 1. The van der Waals surface area contributed by atoms with E-state index in [0.29, 0.717) is 5.82 Å². The molecule has 0 unspecified atom stereocenters. The maximum Gasteiger partial charge on any atom is 0.311 e. The number of aromatic nitrogens is 2. The summed E-state index contributed by atoms with van der Waals surface area (Å²) in [7, 11) is 0. The highest BCUT2D eigenvalue weighted by atomic mass is 32.2. The standard InChI is InChI=1S/C16H20N2O2S/c1-4-18-13(10-14(19)20)17-15(11(2)3)16(18)21-12-8-6-5-7-9-12/h5-9,11H,4,10H2,1-3H3,(H,19,20). The monoisotopic (exact) mass is 304 g/mol. The van der Waals surface area contributed by atoms with Gasteiger partial charge in [-0.3, -0.25) is 4.79 Å². The van der Waals surface area contributed by atoms with E-state index in [1.807, 2.05) is 29.7 Å². The van der Waals surface area contributed by atoms with Crippen LogP contribution in [0.15, 0.2) is 40.3 Å². The number of hydrogen-bond donors (Lipinski definition) is 1. The molecule has 112 valence electrons. The quantitative estimate of drug-likeness (QED) is 0.882. The Kier molecular flexibility index (Phi) is 5.07. The van der Waals surface area contributed by atoms with E-state index in [4.69, 9.17) is 5.11 Å². The Bertz CT molecular complexity index is 621. The first-order valence-corrected chi connectivity index (χ1v) is 7.88. The second-order valence-corrected chi connectivity index (χ2v) is 6.17. The molecule has 2 rings (SSSR count). The zero-order chi connectivity index (χ0) is 15.4. The molecule has 2 aromatic rings. The average molecular weight is 304 g/mol. The topological polar surface area (TPSA) is 55.1 Å². The maximum absolute atomic E-state index is 11.0. The van der Waals surface area contributed by atoms with Crippen LogP contribution in [-0.4, -0.2) is 20.6 Å². The summed E-state index contributed by atoms with van der Waals surface area (Å²) in [5.41, 5.74) is 0.974. The Morgan fingerprint density at radius 1 is 1.33 bits per heavy atom. The lowest BCUT2D eigenvalue weighted by Gasteiger charge is -2.10. The van der Waals surface area contributed by atoms with E-state index in [1.54, 1.807) is 11.8 Å². The summed E-state index contributed by atoms with van der Waals surface area (Å²) in [5.74, 6) is 0.0463. The Morgan fingerprint density at radius 3 is 2.52 bits per heavy atom. The van der Waals surface area contributed by atoms with Gasteiger partial charge in [-0.1, -0.05) is 43.8 Å². The van der Waals surface area contributed by atoms with Crippen LogP contribution in [-0.2, 0) is 17.8 Å². The summed E-state index contributed by atoms with van der Waals surface area (Å²) in [6, 6.07) is 10.1. The third kappa shape index (κ3) is 3.67. The van der Waals surface area contributed by atoms with Crippen molar-refractivity contribution in [2.75, 3.05) is 0 Å². The highest BCUT2D eigenvalue weighted by molar-refractivity contribution is 7.99. The third-order valence-corrected chi connectivity index (χ3v) is 4.29. The van der Waals surface area contributed by atoms with Gasteiger partial charge in [-0.2, -0.15) is 0 Å². The number of benzene rings is 1. The highest BCUT2D eigenvalue weighted by Crippen LogP contribution is 2.34. The summed E-state index contributed by atoms with van der Waals surface area (Å²) in [4.78, 5) is 16.7. The van der Waals surface area contributed by atoms with Crippen molar-refractivity contribution >= 4 is 17.7 Å². The SMILES string of the molecule is CCn1c(CC(=O)O)nc(C(C)C)c1Sc1ccccc1. The molecule has 5 heteroatoms. The van der Waals surface area contributed by atoms with E-state index in [9.17, 15) is 4.79 Å². The highest BCUT2D eigenvalue weighted by Gasteiger charge is 2.20. The molecule has 0 fully saturated rings. The van der Waals surface area contributed by atoms with Gasteiger partial charge in [0.2, 0.25) is 0 Å². The average Bonchev–Trinajstić information content (AvgIpc) is 2.77. The van der Waals surface area contributed by atoms with Gasteiger partial charge in [-0.25, -0.2) is 4.98 Å². The summed E-state index contributed by atoms with van der Waals surface area (Å²) in [6.07, 6.45) is -0.0388. The first kappa shape index (κ1) is 15.6. The maximum atomic E-state index is 11.0. The summed E-state index contributed by atoms with van der Waals surface area (Å²) >= 11 is 1.65. The minimum absolute atomic E-state index is 0.0388. The molecule has 0 bridgehead atoms. The van der Waals surface area contributed by atoms with Crippen LogP contribution in [0.5, 0.6) is 0 Å². The fourth-order valence-electron chi connectivity index (χ4n) is 2.18. The lowest BCUT2D eigenvalue weighted by molar-refractivity contribution is -0.136. The molecule has 0 radical (unpaired) electrons. The number of carbonyl (C=O) groups is 1. The number of hydrogen-bond acceptors (Lipinski definition) is 3. The first-order valence-electron chi connectivity index (χ1n) is 7.06. The molecule has 0 saturated carbocycles. The molecule has 0 aliphatic rings. The van der Waals surface area contributed by atoms with Crippen molar-refractivity contribution in [3.8, 4) is 0 Å². The van der Waals surface area contributed by atoms with Crippen LogP contribution in [0.1, 0.15) is 38.2 Å². The molecule has 0 atom stereocenters. The lowest BCUT2D eigenvalue weighted by atomic mass is 10.1. The molecule has 0 saturated heterocycles. The third-order valence-electron chi connectivity index (χ3n) is 3.16. The fraction of sp³-hybridized carbons (Fsp3) is 0.375. The molecular formula is C16H20N2O2S. The first-order chi connectivity index (χ1) is 10.0. The molecule has 0 amide bonds.